The third-order valence-electron chi connectivity index (χ3n) is 6.05. The van der Waals surface area contributed by atoms with Gasteiger partial charge in [0.05, 0.1) is 0 Å². The summed E-state index contributed by atoms with van der Waals surface area (Å²) in [6, 6.07) is 4.22. The number of allylic oxidation sites excluding steroid dienone is 4. The summed E-state index contributed by atoms with van der Waals surface area (Å²) in [5.74, 6) is 1.76. The van der Waals surface area contributed by atoms with Crippen molar-refractivity contribution in [2.45, 2.75) is 46.1 Å². The first-order valence-corrected chi connectivity index (χ1v) is 10.4. The molecule has 2 bridgehead atoms. The van der Waals surface area contributed by atoms with Crippen molar-refractivity contribution in [3.8, 4) is 0 Å². The quantitative estimate of drug-likeness (QED) is 0.446. The van der Waals surface area contributed by atoms with E-state index in [2.05, 4.69) is 49.5 Å². The van der Waals surface area contributed by atoms with Crippen molar-refractivity contribution in [3.63, 3.8) is 0 Å². The maximum Gasteiger partial charge on any atom is 0.303 e. The van der Waals surface area contributed by atoms with E-state index in [0.717, 1.165) is 31.0 Å². The first-order valence-electron chi connectivity index (χ1n) is 9.99. The van der Waals surface area contributed by atoms with Gasteiger partial charge in [-0.15, -0.1) is 0 Å². The van der Waals surface area contributed by atoms with Crippen LogP contribution in [0.15, 0.2) is 36.4 Å². The normalized spacial score (nSPS) is 26.3. The summed E-state index contributed by atoms with van der Waals surface area (Å²) in [5, 5.41) is 13.2. The second kappa shape index (κ2) is 9.07. The molecule has 3 rings (SSSR count). The van der Waals surface area contributed by atoms with Gasteiger partial charge in [0.2, 0.25) is 0 Å². The van der Waals surface area contributed by atoms with Crippen LogP contribution in [0.3, 0.4) is 0 Å². The van der Waals surface area contributed by atoms with Gasteiger partial charge in [0.25, 0.3) is 0 Å². The third-order valence-corrected chi connectivity index (χ3v) is 6.39. The fraction of sp³-hybridized carbons (Fsp3) is 0.522. The number of benzene rings is 1. The second-order valence-corrected chi connectivity index (χ2v) is 8.48. The lowest BCUT2D eigenvalue weighted by atomic mass is 9.82. The van der Waals surface area contributed by atoms with E-state index in [-0.39, 0.29) is 6.42 Å². The lowest BCUT2D eigenvalue weighted by Gasteiger charge is -2.26. The van der Waals surface area contributed by atoms with Crippen LogP contribution < -0.4 is 5.32 Å². The van der Waals surface area contributed by atoms with Gasteiger partial charge < -0.3 is 10.4 Å². The Kier molecular flexibility index (Phi) is 6.78. The number of hydrogen-bond donors (Lipinski definition) is 2. The molecule has 2 N–H and O–H groups in total. The number of carboxylic acids is 1. The lowest BCUT2D eigenvalue weighted by Crippen LogP contribution is -2.30. The van der Waals surface area contributed by atoms with Crippen molar-refractivity contribution in [2.24, 2.45) is 23.7 Å². The van der Waals surface area contributed by atoms with E-state index in [9.17, 15) is 4.79 Å². The maximum atomic E-state index is 10.6. The lowest BCUT2D eigenvalue weighted by molar-refractivity contribution is -0.137. The zero-order valence-corrected chi connectivity index (χ0v) is 17.0. The Hall–Kier alpha value is -1.58. The third kappa shape index (κ3) is 5.03. The van der Waals surface area contributed by atoms with Crippen LogP contribution in [0, 0.1) is 37.5 Å². The Morgan fingerprint density at radius 3 is 2.81 bits per heavy atom. The molecular weight excluding hydrogens is 358 g/mol. The van der Waals surface area contributed by atoms with Crippen molar-refractivity contribution in [3.05, 3.63) is 58.1 Å². The molecule has 0 heterocycles. The number of carbonyl (C=O) groups is 1. The summed E-state index contributed by atoms with van der Waals surface area (Å²) in [4.78, 5) is 10.6. The largest absolute Gasteiger partial charge is 0.481 e. The first-order chi connectivity index (χ1) is 13.0. The zero-order valence-electron chi connectivity index (χ0n) is 16.2. The molecule has 0 radical (unpaired) electrons. The minimum absolute atomic E-state index is 0.253. The monoisotopic (exact) mass is 387 g/mol. The molecule has 4 atom stereocenters. The second-order valence-electron chi connectivity index (χ2n) is 8.08. The van der Waals surface area contributed by atoms with E-state index in [0.29, 0.717) is 23.7 Å². The summed E-state index contributed by atoms with van der Waals surface area (Å²) >= 11 is 6.44. The molecule has 2 aliphatic carbocycles. The molecule has 0 aromatic heterocycles. The molecule has 146 valence electrons. The van der Waals surface area contributed by atoms with E-state index in [4.69, 9.17) is 16.7 Å². The Labute approximate surface area is 167 Å². The molecule has 0 spiro atoms. The van der Waals surface area contributed by atoms with Gasteiger partial charge in [0.15, 0.2) is 0 Å². The molecule has 0 aliphatic heterocycles. The van der Waals surface area contributed by atoms with Crippen LogP contribution in [0.2, 0.25) is 5.02 Å². The molecule has 1 fully saturated rings. The van der Waals surface area contributed by atoms with Gasteiger partial charge in [-0.1, -0.05) is 42.0 Å². The van der Waals surface area contributed by atoms with Gasteiger partial charge in [0.1, 0.15) is 0 Å². The Bertz CT molecular complexity index is 717. The van der Waals surface area contributed by atoms with Gasteiger partial charge in [-0.05, 0) is 86.1 Å². The van der Waals surface area contributed by atoms with Gasteiger partial charge in [-0.2, -0.15) is 0 Å². The number of carboxylic acid groups (broad SMARTS) is 1. The maximum absolute atomic E-state index is 10.6. The molecule has 0 unspecified atom stereocenters. The zero-order chi connectivity index (χ0) is 19.4. The number of aliphatic carboxylic acids is 1. The van der Waals surface area contributed by atoms with Crippen molar-refractivity contribution < 1.29 is 9.90 Å². The highest BCUT2D eigenvalue weighted by atomic mass is 35.5. The summed E-state index contributed by atoms with van der Waals surface area (Å²) in [6.07, 6.45) is 12.4. The molecule has 0 saturated heterocycles. The van der Waals surface area contributed by atoms with Crippen LogP contribution >= 0.6 is 11.6 Å². The number of unbranched alkanes of at least 4 members (excludes halogenated alkanes) is 1. The number of fused-ring (bicyclic) bond motifs is 2. The van der Waals surface area contributed by atoms with Crippen LogP contribution in [-0.2, 0) is 11.3 Å². The Morgan fingerprint density at radius 1 is 1.30 bits per heavy atom. The van der Waals surface area contributed by atoms with Gasteiger partial charge in [-0.3, -0.25) is 4.79 Å². The summed E-state index contributed by atoms with van der Waals surface area (Å²) in [5.41, 5.74) is 3.64. The summed E-state index contributed by atoms with van der Waals surface area (Å²) in [7, 11) is 0. The van der Waals surface area contributed by atoms with Crippen molar-refractivity contribution in [1.82, 2.24) is 5.32 Å². The average molecular weight is 388 g/mol. The Morgan fingerprint density at radius 2 is 2.07 bits per heavy atom. The van der Waals surface area contributed by atoms with Gasteiger partial charge in [-0.25, -0.2) is 0 Å². The highest BCUT2D eigenvalue weighted by molar-refractivity contribution is 6.31. The molecule has 4 heteroatoms. The molecule has 1 saturated carbocycles. The van der Waals surface area contributed by atoms with Crippen molar-refractivity contribution >= 4 is 17.6 Å². The molecule has 3 nitrogen and oxygen atoms in total. The van der Waals surface area contributed by atoms with E-state index in [1.54, 1.807) is 0 Å². The Balaban J connectivity index is 1.54. The number of aryl methyl sites for hydroxylation is 2. The van der Waals surface area contributed by atoms with E-state index in [1.165, 1.54) is 23.1 Å². The van der Waals surface area contributed by atoms with Gasteiger partial charge in [0, 0.05) is 18.0 Å². The van der Waals surface area contributed by atoms with E-state index >= 15 is 0 Å². The fourth-order valence-corrected chi connectivity index (χ4v) is 5.08. The summed E-state index contributed by atoms with van der Waals surface area (Å²) in [6.45, 7) is 5.99. The molecule has 0 amide bonds. The van der Waals surface area contributed by atoms with Crippen molar-refractivity contribution in [2.75, 3.05) is 6.54 Å². The van der Waals surface area contributed by atoms with Crippen LogP contribution in [0.5, 0.6) is 0 Å². The fourth-order valence-electron chi connectivity index (χ4n) is 4.69. The molecule has 2 aliphatic rings. The van der Waals surface area contributed by atoms with Crippen LogP contribution in [0.1, 0.15) is 42.4 Å². The van der Waals surface area contributed by atoms with Crippen LogP contribution in [0.25, 0.3) is 0 Å². The minimum Gasteiger partial charge on any atom is -0.481 e. The highest BCUT2D eigenvalue weighted by Crippen LogP contribution is 2.48. The standard InChI is InChI=1S/C23H30ClNO2/c1-15-10-16(2)20(22(24)11-15)13-25-14-21-18-9-8-17(12-18)19(21)6-4-3-5-7-23(26)27/h4,6,8-11,17-19,21,25H,3,5,7,12-14H2,1-2H3,(H,26,27)/b6-4-/t17-,18+,19-,21-/m0/s1. The molecular formula is C23H30ClNO2. The van der Waals surface area contributed by atoms with Crippen molar-refractivity contribution in [1.29, 1.82) is 0 Å². The number of halogens is 1. The molecule has 1 aromatic carbocycles. The van der Waals surface area contributed by atoms with Crippen LogP contribution in [0.4, 0.5) is 0 Å². The van der Waals surface area contributed by atoms with Crippen LogP contribution in [-0.4, -0.2) is 17.6 Å². The number of hydrogen-bond acceptors (Lipinski definition) is 2. The van der Waals surface area contributed by atoms with E-state index in [1.807, 2.05) is 6.07 Å². The number of rotatable bonds is 9. The summed E-state index contributed by atoms with van der Waals surface area (Å²) < 4.78 is 0. The molecule has 1 aromatic rings. The highest BCUT2D eigenvalue weighted by Gasteiger charge is 2.42. The minimum atomic E-state index is -0.710. The first kappa shape index (κ1) is 20.2. The predicted molar refractivity (Wildman–Crippen MR) is 111 cm³/mol. The molecule has 27 heavy (non-hydrogen) atoms. The smallest absolute Gasteiger partial charge is 0.303 e. The average Bonchev–Trinajstić information content (AvgIpc) is 3.18. The predicted octanol–water partition coefficient (Wildman–Crippen LogP) is 5.30. The van der Waals surface area contributed by atoms with Gasteiger partial charge >= 0.3 is 5.97 Å². The van der Waals surface area contributed by atoms with E-state index < -0.39 is 5.97 Å². The SMILES string of the molecule is Cc1cc(C)c(CNC[C@@H]2[C@@H](/C=C\CCCC(=O)O)[C@H]3C=C[C@@H]2C3)c(Cl)c1. The number of nitrogens with one attached hydrogen (secondary N) is 1. The topological polar surface area (TPSA) is 49.3 Å².